The first-order chi connectivity index (χ1) is 17.1. The molecular weight excluding hydrogens is 489 g/mol. The molecular formula is C24H28FN5O5S. The quantitative estimate of drug-likeness (QED) is 0.208. The van der Waals surface area contributed by atoms with Gasteiger partial charge in [0.2, 0.25) is 11.7 Å². The fourth-order valence-corrected chi connectivity index (χ4v) is 4.19. The van der Waals surface area contributed by atoms with Crippen LogP contribution in [0.1, 0.15) is 39.6 Å². The van der Waals surface area contributed by atoms with Gasteiger partial charge in [-0.05, 0) is 56.2 Å². The highest BCUT2D eigenvalue weighted by Gasteiger charge is 2.25. The number of thioether (sulfide) groups is 1. The van der Waals surface area contributed by atoms with Crippen molar-refractivity contribution in [1.29, 1.82) is 0 Å². The molecule has 0 aliphatic carbocycles. The third-order valence-corrected chi connectivity index (χ3v) is 6.17. The molecule has 0 spiro atoms. The van der Waals surface area contributed by atoms with Gasteiger partial charge < -0.3 is 19.4 Å². The molecule has 2 atom stereocenters. The average Bonchev–Trinajstić information content (AvgIpc) is 3.21. The summed E-state index contributed by atoms with van der Waals surface area (Å²) < 4.78 is 26.8. The molecule has 0 aliphatic rings. The first kappa shape index (κ1) is 26.9. The maximum absolute atomic E-state index is 13.6. The summed E-state index contributed by atoms with van der Waals surface area (Å²) in [6.45, 7) is 8.29. The van der Waals surface area contributed by atoms with Crippen LogP contribution in [0.25, 0.3) is 0 Å². The summed E-state index contributed by atoms with van der Waals surface area (Å²) in [5, 5.41) is 22.1. The van der Waals surface area contributed by atoms with Crippen LogP contribution in [0.5, 0.6) is 11.5 Å². The van der Waals surface area contributed by atoms with E-state index in [1.54, 1.807) is 38.3 Å². The number of hydrogen-bond acceptors (Lipinski definition) is 8. The number of methoxy groups -OCH3 is 1. The van der Waals surface area contributed by atoms with E-state index in [1.165, 1.54) is 17.8 Å². The standard InChI is InChI=1S/C24H28FN5O5S/c1-14(2)13-29-22(15(3)35-19-9-7-18(34-5)8-10-19)27-28-24(29)36-16(4)23(31)26-17-6-11-20(25)21(12-17)30(32)33/h6-12,14-16H,13H2,1-5H3,(H,26,31). The van der Waals surface area contributed by atoms with Gasteiger partial charge in [-0.15, -0.1) is 10.2 Å². The van der Waals surface area contributed by atoms with E-state index in [0.717, 1.165) is 17.9 Å². The maximum atomic E-state index is 13.6. The van der Waals surface area contributed by atoms with Crippen molar-refractivity contribution in [3.63, 3.8) is 0 Å². The van der Waals surface area contributed by atoms with Crippen LogP contribution in [0.4, 0.5) is 15.8 Å². The molecule has 1 heterocycles. The normalized spacial score (nSPS) is 12.8. The van der Waals surface area contributed by atoms with Gasteiger partial charge in [-0.3, -0.25) is 14.9 Å². The van der Waals surface area contributed by atoms with E-state index in [1.807, 2.05) is 11.5 Å². The van der Waals surface area contributed by atoms with Crippen LogP contribution in [-0.4, -0.2) is 38.0 Å². The van der Waals surface area contributed by atoms with Crippen molar-refractivity contribution >= 4 is 29.0 Å². The molecule has 0 radical (unpaired) electrons. The lowest BCUT2D eigenvalue weighted by Gasteiger charge is -2.19. The molecule has 10 nitrogen and oxygen atoms in total. The summed E-state index contributed by atoms with van der Waals surface area (Å²) >= 11 is 1.20. The molecule has 12 heteroatoms. The number of anilines is 1. The molecule has 0 fully saturated rings. The van der Waals surface area contributed by atoms with Gasteiger partial charge in [0.1, 0.15) is 11.5 Å². The van der Waals surface area contributed by atoms with Gasteiger partial charge in [-0.25, -0.2) is 0 Å². The van der Waals surface area contributed by atoms with Gasteiger partial charge in [0, 0.05) is 18.3 Å². The summed E-state index contributed by atoms with van der Waals surface area (Å²) in [6.07, 6.45) is -0.414. The van der Waals surface area contributed by atoms with Crippen LogP contribution >= 0.6 is 11.8 Å². The Hall–Kier alpha value is -3.67. The third-order valence-electron chi connectivity index (χ3n) is 5.09. The van der Waals surface area contributed by atoms with E-state index in [4.69, 9.17) is 9.47 Å². The summed E-state index contributed by atoms with van der Waals surface area (Å²) in [5.74, 6) is 0.877. The predicted octanol–water partition coefficient (Wildman–Crippen LogP) is 5.25. The van der Waals surface area contributed by atoms with Crippen molar-refractivity contribution in [2.75, 3.05) is 12.4 Å². The van der Waals surface area contributed by atoms with Crippen LogP contribution in [0.15, 0.2) is 47.6 Å². The zero-order valence-corrected chi connectivity index (χ0v) is 21.4. The number of hydrogen-bond donors (Lipinski definition) is 1. The molecule has 0 saturated carbocycles. The number of rotatable bonds is 11. The molecule has 3 rings (SSSR count). The minimum atomic E-state index is -0.972. The Labute approximate surface area is 212 Å². The highest BCUT2D eigenvalue weighted by atomic mass is 32.2. The lowest BCUT2D eigenvalue weighted by atomic mass is 10.2. The molecule has 36 heavy (non-hydrogen) atoms. The van der Waals surface area contributed by atoms with E-state index in [2.05, 4.69) is 29.4 Å². The maximum Gasteiger partial charge on any atom is 0.306 e. The van der Waals surface area contributed by atoms with E-state index in [0.29, 0.717) is 23.3 Å². The van der Waals surface area contributed by atoms with Gasteiger partial charge in [-0.2, -0.15) is 4.39 Å². The Morgan fingerprint density at radius 3 is 2.42 bits per heavy atom. The largest absolute Gasteiger partial charge is 0.497 e. The number of halogens is 1. The zero-order valence-electron chi connectivity index (χ0n) is 20.6. The van der Waals surface area contributed by atoms with Crippen molar-refractivity contribution < 1.29 is 23.6 Å². The monoisotopic (exact) mass is 517 g/mol. The van der Waals surface area contributed by atoms with E-state index in [9.17, 15) is 19.3 Å². The highest BCUT2D eigenvalue weighted by molar-refractivity contribution is 8.00. The minimum Gasteiger partial charge on any atom is -0.497 e. The van der Waals surface area contributed by atoms with Gasteiger partial charge >= 0.3 is 5.69 Å². The molecule has 1 aromatic heterocycles. The second-order valence-electron chi connectivity index (χ2n) is 8.45. The highest BCUT2D eigenvalue weighted by Crippen LogP contribution is 2.29. The van der Waals surface area contributed by atoms with Crippen LogP contribution < -0.4 is 14.8 Å². The SMILES string of the molecule is COc1ccc(OC(C)c2nnc(SC(C)C(=O)Nc3ccc(F)c([N+](=O)[O-])c3)n2CC(C)C)cc1. The van der Waals surface area contributed by atoms with Crippen molar-refractivity contribution in [1.82, 2.24) is 14.8 Å². The van der Waals surface area contributed by atoms with E-state index >= 15 is 0 Å². The molecule has 0 bridgehead atoms. The Bertz CT molecular complexity index is 1220. The topological polar surface area (TPSA) is 121 Å². The van der Waals surface area contributed by atoms with Crippen LogP contribution in [-0.2, 0) is 11.3 Å². The molecule has 1 amide bonds. The lowest BCUT2D eigenvalue weighted by Crippen LogP contribution is -2.23. The number of nitro groups is 1. The Morgan fingerprint density at radius 1 is 1.14 bits per heavy atom. The van der Waals surface area contributed by atoms with Crippen LogP contribution in [0.2, 0.25) is 0 Å². The molecule has 2 aromatic carbocycles. The number of benzene rings is 2. The number of aromatic nitrogens is 3. The van der Waals surface area contributed by atoms with Gasteiger partial charge in [-0.1, -0.05) is 25.6 Å². The third kappa shape index (κ3) is 6.72. The molecule has 2 unspecified atom stereocenters. The van der Waals surface area contributed by atoms with Crippen molar-refractivity contribution in [2.45, 2.75) is 50.8 Å². The zero-order chi connectivity index (χ0) is 26.4. The summed E-state index contributed by atoms with van der Waals surface area (Å²) in [5.41, 5.74) is -0.577. The smallest absolute Gasteiger partial charge is 0.306 e. The molecule has 0 aliphatic heterocycles. The molecule has 0 saturated heterocycles. The van der Waals surface area contributed by atoms with Gasteiger partial charge in [0.05, 0.1) is 17.3 Å². The Balaban J connectivity index is 1.75. The fraction of sp³-hybridized carbons (Fsp3) is 0.375. The Kier molecular flexibility index (Phi) is 8.86. The fourth-order valence-electron chi connectivity index (χ4n) is 3.32. The lowest BCUT2D eigenvalue weighted by molar-refractivity contribution is -0.387. The number of nitrogens with zero attached hydrogens (tertiary/aromatic N) is 4. The van der Waals surface area contributed by atoms with Gasteiger partial charge in [0.15, 0.2) is 17.1 Å². The Morgan fingerprint density at radius 2 is 1.81 bits per heavy atom. The second-order valence-corrected chi connectivity index (χ2v) is 9.76. The van der Waals surface area contributed by atoms with E-state index in [-0.39, 0.29) is 11.6 Å². The predicted molar refractivity (Wildman–Crippen MR) is 134 cm³/mol. The average molecular weight is 518 g/mol. The number of carbonyl (C=O) groups is 1. The first-order valence-electron chi connectivity index (χ1n) is 11.2. The number of nitro benzene ring substituents is 1. The summed E-state index contributed by atoms with van der Waals surface area (Å²) in [6, 6.07) is 10.4. The first-order valence-corrected chi connectivity index (χ1v) is 12.1. The van der Waals surface area contributed by atoms with Gasteiger partial charge in [0.25, 0.3) is 0 Å². The number of carbonyl (C=O) groups excluding carboxylic acids is 1. The van der Waals surface area contributed by atoms with Crippen molar-refractivity contribution in [2.24, 2.45) is 5.92 Å². The number of amides is 1. The number of nitrogens with one attached hydrogen (secondary N) is 1. The molecule has 3 aromatic rings. The second kappa shape index (κ2) is 11.8. The molecule has 1 N–H and O–H groups in total. The van der Waals surface area contributed by atoms with Crippen molar-refractivity contribution in [3.05, 3.63) is 64.2 Å². The van der Waals surface area contributed by atoms with Crippen LogP contribution in [0.3, 0.4) is 0 Å². The molecule has 192 valence electrons. The van der Waals surface area contributed by atoms with Crippen LogP contribution in [0, 0.1) is 21.8 Å². The summed E-state index contributed by atoms with van der Waals surface area (Å²) in [7, 11) is 1.59. The number of ether oxygens (including phenoxy) is 2. The summed E-state index contributed by atoms with van der Waals surface area (Å²) in [4.78, 5) is 22.9. The van der Waals surface area contributed by atoms with Crippen molar-refractivity contribution in [3.8, 4) is 11.5 Å². The minimum absolute atomic E-state index is 0.131. The van der Waals surface area contributed by atoms with E-state index < -0.39 is 33.7 Å².